The van der Waals surface area contributed by atoms with Crippen molar-refractivity contribution in [2.45, 2.75) is 78.6 Å². The fourth-order valence-electron chi connectivity index (χ4n) is 1.88. The minimum atomic E-state index is -3.45. The molecule has 0 saturated carbocycles. The first-order valence-electron chi connectivity index (χ1n) is 7.76. The third-order valence-electron chi connectivity index (χ3n) is 1.99. The van der Waals surface area contributed by atoms with E-state index in [2.05, 4.69) is 78.6 Å². The summed E-state index contributed by atoms with van der Waals surface area (Å²) in [5.74, 6) is 0. The van der Waals surface area contributed by atoms with Gasteiger partial charge in [-0.1, -0.05) is 0 Å². The Bertz CT molecular complexity index is 270. The molecule has 0 aromatic rings. The van der Waals surface area contributed by atoms with Gasteiger partial charge in [-0.05, 0) is 78.6 Å². The molecule has 0 fully saturated rings. The van der Waals surface area contributed by atoms with Gasteiger partial charge < -0.3 is 13.9 Å². The fourth-order valence-corrected chi connectivity index (χ4v) is 19.5. The van der Waals surface area contributed by atoms with Crippen LogP contribution in [0.15, 0.2) is 0 Å². The maximum atomic E-state index is 6.50. The third-order valence-corrected chi connectivity index (χ3v) is 17.9. The highest BCUT2D eigenvalue weighted by Gasteiger charge is 2.54. The Morgan fingerprint density at radius 1 is 0.381 bits per heavy atom. The van der Waals surface area contributed by atoms with Gasteiger partial charge in [-0.25, -0.2) is 0 Å². The van der Waals surface area contributed by atoms with E-state index < -0.39 is 47.7 Å². The van der Waals surface area contributed by atoms with Crippen molar-refractivity contribution in [3.8, 4) is 0 Å². The van der Waals surface area contributed by atoms with Gasteiger partial charge in [0.2, 0.25) is 0 Å². The van der Waals surface area contributed by atoms with Crippen molar-refractivity contribution in [2.24, 2.45) is 0 Å². The zero-order chi connectivity index (χ0) is 17.3. The number of hydrogen-bond acceptors (Lipinski definition) is 4. The molecule has 0 saturated heterocycles. The van der Waals surface area contributed by atoms with E-state index in [0.29, 0.717) is 0 Å². The molecule has 4 nitrogen and oxygen atoms in total. The first kappa shape index (κ1) is 22.2. The zero-order valence-corrected chi connectivity index (χ0v) is 21.4. The average Bonchev–Trinajstić information content (AvgIpc) is 1.83. The Morgan fingerprint density at radius 2 is 0.524 bits per heavy atom. The summed E-state index contributed by atoms with van der Waals surface area (Å²) in [5.41, 5.74) is 0. The maximum Gasteiger partial charge on any atom is 0.834 e. The van der Waals surface area contributed by atoms with Crippen LogP contribution >= 0.6 is 0 Å². The standard InChI is InChI=1S/4C3H9OSi.Al/c4*1-5(2,3)4;/h4*1-3H3;/q4*-1;+3. The van der Waals surface area contributed by atoms with Crippen LogP contribution in [0.1, 0.15) is 0 Å². The lowest BCUT2D eigenvalue weighted by Gasteiger charge is -2.52. The summed E-state index contributed by atoms with van der Waals surface area (Å²) in [5, 5.41) is 0. The SMILES string of the molecule is C[Si](C)(C)[O][Al-]([O][Si](C)(C)C)([O][Si](C)(C)C)[O][Si](C)(C)C. The fraction of sp³-hybridized carbons (Fsp3) is 1.00. The second kappa shape index (κ2) is 7.01. The van der Waals surface area contributed by atoms with Crippen LogP contribution in [-0.2, 0) is 13.9 Å². The molecule has 0 aliphatic rings. The molecule has 0 aliphatic heterocycles. The first-order chi connectivity index (χ1) is 8.83. The molecule has 9 heteroatoms. The van der Waals surface area contributed by atoms with Gasteiger partial charge in [0.05, 0.1) is 0 Å². The number of hydrogen-bond donors (Lipinski definition) is 0. The highest BCUT2D eigenvalue weighted by Crippen LogP contribution is 2.29. The highest BCUT2D eigenvalue weighted by atomic mass is 28.4. The summed E-state index contributed by atoms with van der Waals surface area (Å²) in [7, 11) is -7.30. The van der Waals surface area contributed by atoms with E-state index >= 15 is 0 Å². The van der Waals surface area contributed by atoms with Crippen molar-refractivity contribution in [1.82, 2.24) is 0 Å². The van der Waals surface area contributed by atoms with E-state index in [1.807, 2.05) is 0 Å². The van der Waals surface area contributed by atoms with E-state index in [4.69, 9.17) is 13.9 Å². The molecular weight excluding hydrogens is 347 g/mol. The summed E-state index contributed by atoms with van der Waals surface area (Å²) in [6.45, 7) is 26.1. The lowest BCUT2D eigenvalue weighted by Crippen LogP contribution is -2.65. The van der Waals surface area contributed by atoms with Crippen LogP contribution in [0.3, 0.4) is 0 Å². The number of rotatable bonds is 8. The molecule has 0 aromatic heterocycles. The van der Waals surface area contributed by atoms with Crippen LogP contribution < -0.4 is 0 Å². The van der Waals surface area contributed by atoms with E-state index in [1.165, 1.54) is 0 Å². The molecule has 0 bridgehead atoms. The highest BCUT2D eigenvalue weighted by molar-refractivity contribution is 6.91. The molecule has 0 N–H and O–H groups in total. The lowest BCUT2D eigenvalue weighted by molar-refractivity contribution is 0.149. The van der Waals surface area contributed by atoms with Gasteiger partial charge in [-0.3, -0.25) is 0 Å². The predicted molar refractivity (Wildman–Crippen MR) is 103 cm³/mol. The molecule has 0 aromatic carbocycles. The van der Waals surface area contributed by atoms with Crippen molar-refractivity contribution in [1.29, 1.82) is 0 Å². The molecule has 0 rings (SSSR count). The molecule has 0 radical (unpaired) electrons. The minimum absolute atomic E-state index is 1.83. The third kappa shape index (κ3) is 12.3. The normalized spacial score (nSPS) is 15.4. The van der Waals surface area contributed by atoms with Crippen molar-refractivity contribution >= 4 is 47.7 Å². The molecule has 0 amide bonds. The smallest absolute Gasteiger partial charge is 0.634 e. The van der Waals surface area contributed by atoms with Crippen LogP contribution in [0, 0.1) is 0 Å². The Balaban J connectivity index is 5.70. The molecule has 21 heavy (non-hydrogen) atoms. The lowest BCUT2D eigenvalue weighted by atomic mass is 11.8. The van der Waals surface area contributed by atoms with Crippen LogP contribution in [0.4, 0.5) is 0 Å². The summed E-state index contributed by atoms with van der Waals surface area (Å²) < 4.78 is 26.0. The van der Waals surface area contributed by atoms with Crippen LogP contribution in [-0.4, -0.2) is 47.7 Å². The van der Waals surface area contributed by atoms with Gasteiger partial charge in [0.25, 0.3) is 0 Å². The summed E-state index contributed by atoms with van der Waals surface area (Å²) in [6.07, 6.45) is 0. The van der Waals surface area contributed by atoms with Crippen molar-refractivity contribution < 1.29 is 13.9 Å². The van der Waals surface area contributed by atoms with E-state index in [0.717, 1.165) is 0 Å². The van der Waals surface area contributed by atoms with Crippen LogP contribution in [0.2, 0.25) is 78.6 Å². The molecule has 0 atom stereocenters. The Labute approximate surface area is 140 Å². The molecule has 128 valence electrons. The van der Waals surface area contributed by atoms with E-state index in [1.54, 1.807) is 0 Å². The van der Waals surface area contributed by atoms with Crippen molar-refractivity contribution in [2.75, 3.05) is 0 Å². The molecular formula is C12H36AlO4Si4-. The van der Waals surface area contributed by atoms with Crippen LogP contribution in [0.5, 0.6) is 0 Å². The van der Waals surface area contributed by atoms with Gasteiger partial charge in [-0.2, -0.15) is 0 Å². The second-order valence-electron chi connectivity index (χ2n) is 9.50. The molecule has 0 unspecified atom stereocenters. The van der Waals surface area contributed by atoms with Crippen LogP contribution in [0.25, 0.3) is 0 Å². The maximum absolute atomic E-state index is 6.50. The zero-order valence-electron chi connectivity index (χ0n) is 16.2. The molecule has 0 aliphatic carbocycles. The molecule has 0 heterocycles. The Morgan fingerprint density at radius 3 is 0.619 bits per heavy atom. The van der Waals surface area contributed by atoms with Crippen molar-refractivity contribution in [3.63, 3.8) is 0 Å². The van der Waals surface area contributed by atoms with Gasteiger partial charge in [0, 0.05) is 0 Å². The largest absolute Gasteiger partial charge is 0.834 e. The minimum Gasteiger partial charge on any atom is -0.634 e. The monoisotopic (exact) mass is 383 g/mol. The van der Waals surface area contributed by atoms with Crippen molar-refractivity contribution in [3.05, 3.63) is 0 Å². The van der Waals surface area contributed by atoms with Gasteiger partial charge in [0.15, 0.2) is 0 Å². The van der Waals surface area contributed by atoms with Gasteiger partial charge in [0.1, 0.15) is 33.3 Å². The quantitative estimate of drug-likeness (QED) is 0.563. The Kier molecular flexibility index (Phi) is 7.42. The summed E-state index contributed by atoms with van der Waals surface area (Å²) >= 11 is -3.45. The molecule has 0 spiro atoms. The second-order valence-corrected chi connectivity index (χ2v) is 31.3. The average molecular weight is 384 g/mol. The van der Waals surface area contributed by atoms with E-state index in [9.17, 15) is 0 Å². The summed E-state index contributed by atoms with van der Waals surface area (Å²) in [6, 6.07) is 0. The topological polar surface area (TPSA) is 36.9 Å². The summed E-state index contributed by atoms with van der Waals surface area (Å²) in [4.78, 5) is 0. The first-order valence-corrected chi connectivity index (χ1v) is 23.3. The van der Waals surface area contributed by atoms with Gasteiger partial charge >= 0.3 is 14.4 Å². The van der Waals surface area contributed by atoms with Gasteiger partial charge in [-0.15, -0.1) is 0 Å². The van der Waals surface area contributed by atoms with E-state index in [-0.39, 0.29) is 0 Å². The predicted octanol–water partition coefficient (Wildman–Crippen LogP) is 4.83. The Hall–Kier alpha value is 1.24.